The van der Waals surface area contributed by atoms with Gasteiger partial charge in [-0.1, -0.05) is 6.07 Å². The zero-order valence-corrected chi connectivity index (χ0v) is 8.40. The topological polar surface area (TPSA) is 59.3 Å². The molecule has 1 aromatic rings. The van der Waals surface area contributed by atoms with E-state index < -0.39 is 0 Å². The number of benzene rings is 1. The normalized spacial score (nSPS) is 9.33. The van der Waals surface area contributed by atoms with Crippen LogP contribution >= 0.6 is 0 Å². The molecule has 0 fully saturated rings. The lowest BCUT2D eigenvalue weighted by Crippen LogP contribution is -2.05. The third-order valence-corrected chi connectivity index (χ3v) is 1.81. The van der Waals surface area contributed by atoms with Gasteiger partial charge in [0.15, 0.2) is 0 Å². The summed E-state index contributed by atoms with van der Waals surface area (Å²) in [5, 5.41) is 8.79. The van der Waals surface area contributed by atoms with E-state index in [9.17, 15) is 4.79 Å². The van der Waals surface area contributed by atoms with Gasteiger partial charge in [0, 0.05) is 12.7 Å². The van der Waals surface area contributed by atoms with Gasteiger partial charge in [-0.25, -0.2) is 0 Å². The molecule has 0 bridgehead atoms. The highest BCUT2D eigenvalue weighted by Gasteiger charge is 2.04. The molecule has 0 saturated heterocycles. The molecule has 1 rings (SSSR count). The van der Waals surface area contributed by atoms with E-state index >= 15 is 0 Å². The van der Waals surface area contributed by atoms with E-state index in [2.05, 4.69) is 0 Å². The minimum absolute atomic E-state index is 0.355. The summed E-state index contributed by atoms with van der Waals surface area (Å²) in [6.07, 6.45) is 0.713. The van der Waals surface area contributed by atoms with Crippen molar-refractivity contribution < 1.29 is 14.3 Å². The maximum absolute atomic E-state index is 10.5. The van der Waals surface area contributed by atoms with Crippen LogP contribution in [-0.2, 0) is 4.74 Å². The van der Waals surface area contributed by atoms with Crippen molar-refractivity contribution in [2.45, 2.75) is 0 Å². The number of methoxy groups -OCH3 is 1. The molecule has 1 aromatic carbocycles. The summed E-state index contributed by atoms with van der Waals surface area (Å²) in [6, 6.07) is 6.67. The third-order valence-electron chi connectivity index (χ3n) is 1.81. The highest BCUT2D eigenvalue weighted by atomic mass is 16.5. The van der Waals surface area contributed by atoms with Crippen LogP contribution in [0.2, 0.25) is 0 Å². The Balaban J connectivity index is 2.82. The number of rotatable bonds is 5. The summed E-state index contributed by atoms with van der Waals surface area (Å²) in [5.41, 5.74) is 0.901. The molecule has 0 saturated carbocycles. The monoisotopic (exact) mass is 205 g/mol. The van der Waals surface area contributed by atoms with Gasteiger partial charge in [-0.15, -0.1) is 0 Å². The first-order valence-corrected chi connectivity index (χ1v) is 4.43. The predicted octanol–water partition coefficient (Wildman–Crippen LogP) is 1.40. The van der Waals surface area contributed by atoms with E-state index in [-0.39, 0.29) is 0 Å². The minimum atomic E-state index is 0.355. The molecule has 78 valence electrons. The molecule has 4 heteroatoms. The lowest BCUT2D eigenvalue weighted by atomic mass is 10.1. The van der Waals surface area contributed by atoms with E-state index in [0.717, 1.165) is 0 Å². The molecule has 0 aliphatic carbocycles. The van der Waals surface area contributed by atoms with Gasteiger partial charge in [0.1, 0.15) is 24.7 Å². The van der Waals surface area contributed by atoms with Crippen LogP contribution in [0.5, 0.6) is 5.75 Å². The third kappa shape index (κ3) is 3.08. The molecular weight excluding hydrogens is 194 g/mol. The van der Waals surface area contributed by atoms with Gasteiger partial charge in [-0.05, 0) is 12.1 Å². The minimum Gasteiger partial charge on any atom is -0.490 e. The summed E-state index contributed by atoms with van der Waals surface area (Å²) in [5.74, 6) is 0.416. The molecule has 0 spiro atoms. The average Bonchev–Trinajstić information content (AvgIpc) is 2.29. The SMILES string of the molecule is COCCOc1cc(C=O)ccc1C#N. The lowest BCUT2D eigenvalue weighted by molar-refractivity contribution is 0.112. The maximum Gasteiger partial charge on any atom is 0.150 e. The molecule has 0 atom stereocenters. The number of nitriles is 1. The molecule has 0 heterocycles. The highest BCUT2D eigenvalue weighted by Crippen LogP contribution is 2.18. The molecule has 0 aromatic heterocycles. The number of nitrogens with zero attached hydrogens (tertiary/aromatic N) is 1. The Labute approximate surface area is 88.0 Å². The number of hydrogen-bond acceptors (Lipinski definition) is 4. The van der Waals surface area contributed by atoms with E-state index in [0.29, 0.717) is 36.4 Å². The number of ether oxygens (including phenoxy) is 2. The lowest BCUT2D eigenvalue weighted by Gasteiger charge is -2.07. The van der Waals surface area contributed by atoms with Crippen LogP contribution in [0.15, 0.2) is 18.2 Å². The zero-order chi connectivity index (χ0) is 11.1. The number of aldehydes is 1. The number of carbonyl (C=O) groups is 1. The second kappa shape index (κ2) is 5.78. The Bertz CT molecular complexity index is 382. The van der Waals surface area contributed by atoms with Crippen LogP contribution in [0, 0.1) is 11.3 Å². The van der Waals surface area contributed by atoms with Crippen molar-refractivity contribution in [2.75, 3.05) is 20.3 Å². The first-order chi connectivity index (χ1) is 7.31. The van der Waals surface area contributed by atoms with Gasteiger partial charge in [-0.3, -0.25) is 4.79 Å². The molecule has 15 heavy (non-hydrogen) atoms. The quantitative estimate of drug-likeness (QED) is 0.538. The Kier molecular flexibility index (Phi) is 4.32. The zero-order valence-electron chi connectivity index (χ0n) is 8.40. The molecule has 0 aliphatic rings. The Morgan fingerprint density at radius 2 is 2.27 bits per heavy atom. The Hall–Kier alpha value is -1.86. The van der Waals surface area contributed by atoms with Crippen molar-refractivity contribution >= 4 is 6.29 Å². The first-order valence-electron chi connectivity index (χ1n) is 4.43. The van der Waals surface area contributed by atoms with Crippen LogP contribution in [0.3, 0.4) is 0 Å². The first kappa shape index (κ1) is 11.2. The summed E-state index contributed by atoms with van der Waals surface area (Å²) >= 11 is 0. The second-order valence-corrected chi connectivity index (χ2v) is 2.83. The summed E-state index contributed by atoms with van der Waals surface area (Å²) < 4.78 is 10.1. The molecule has 0 unspecified atom stereocenters. The van der Waals surface area contributed by atoms with Gasteiger partial charge < -0.3 is 9.47 Å². The number of carbonyl (C=O) groups excluding carboxylic acids is 1. The molecule has 0 aliphatic heterocycles. The van der Waals surface area contributed by atoms with Gasteiger partial charge in [0.2, 0.25) is 0 Å². The summed E-state index contributed by atoms with van der Waals surface area (Å²) in [7, 11) is 1.57. The second-order valence-electron chi connectivity index (χ2n) is 2.83. The standard InChI is InChI=1S/C11H11NO3/c1-14-4-5-15-11-6-9(8-13)2-3-10(11)7-12/h2-3,6,8H,4-5H2,1H3. The van der Waals surface area contributed by atoms with Crippen LogP contribution in [0.25, 0.3) is 0 Å². The molecular formula is C11H11NO3. The van der Waals surface area contributed by atoms with E-state index in [1.54, 1.807) is 25.3 Å². The van der Waals surface area contributed by atoms with Gasteiger partial charge in [0.05, 0.1) is 12.2 Å². The van der Waals surface area contributed by atoms with Crippen molar-refractivity contribution in [1.82, 2.24) is 0 Å². The van der Waals surface area contributed by atoms with Gasteiger partial charge in [-0.2, -0.15) is 5.26 Å². The molecule has 4 nitrogen and oxygen atoms in total. The fourth-order valence-electron chi connectivity index (χ4n) is 1.06. The van der Waals surface area contributed by atoms with Crippen LogP contribution in [-0.4, -0.2) is 26.6 Å². The number of hydrogen-bond donors (Lipinski definition) is 0. The van der Waals surface area contributed by atoms with E-state index in [4.69, 9.17) is 14.7 Å². The van der Waals surface area contributed by atoms with E-state index in [1.165, 1.54) is 0 Å². The van der Waals surface area contributed by atoms with Gasteiger partial charge in [0.25, 0.3) is 0 Å². The molecule has 0 N–H and O–H groups in total. The van der Waals surface area contributed by atoms with Crippen molar-refractivity contribution in [3.8, 4) is 11.8 Å². The van der Waals surface area contributed by atoms with Crippen molar-refractivity contribution in [3.05, 3.63) is 29.3 Å². The smallest absolute Gasteiger partial charge is 0.150 e. The molecule has 0 radical (unpaired) electrons. The highest BCUT2D eigenvalue weighted by molar-refractivity contribution is 5.76. The van der Waals surface area contributed by atoms with Crippen LogP contribution < -0.4 is 4.74 Å². The summed E-state index contributed by atoms with van der Waals surface area (Å²) in [4.78, 5) is 10.5. The summed E-state index contributed by atoms with van der Waals surface area (Å²) in [6.45, 7) is 0.795. The maximum atomic E-state index is 10.5. The van der Waals surface area contributed by atoms with E-state index in [1.807, 2.05) is 6.07 Å². The van der Waals surface area contributed by atoms with Gasteiger partial charge >= 0.3 is 0 Å². The fourth-order valence-corrected chi connectivity index (χ4v) is 1.06. The van der Waals surface area contributed by atoms with Crippen LogP contribution in [0.1, 0.15) is 15.9 Å². The Morgan fingerprint density at radius 3 is 2.87 bits per heavy atom. The van der Waals surface area contributed by atoms with Crippen molar-refractivity contribution in [2.24, 2.45) is 0 Å². The predicted molar refractivity (Wildman–Crippen MR) is 53.9 cm³/mol. The largest absolute Gasteiger partial charge is 0.490 e. The van der Waals surface area contributed by atoms with Crippen LogP contribution in [0.4, 0.5) is 0 Å². The van der Waals surface area contributed by atoms with Crippen molar-refractivity contribution in [3.63, 3.8) is 0 Å². The molecule has 0 amide bonds. The van der Waals surface area contributed by atoms with Crippen molar-refractivity contribution in [1.29, 1.82) is 5.26 Å². The Morgan fingerprint density at radius 1 is 1.47 bits per heavy atom. The fraction of sp³-hybridized carbons (Fsp3) is 0.273. The average molecular weight is 205 g/mol.